The average Bonchev–Trinajstić information content (AvgIpc) is 2.74. The number of nitrogens with one attached hydrogen (secondary N) is 2. The van der Waals surface area contributed by atoms with E-state index in [0.29, 0.717) is 49.7 Å². The maximum Gasteiger partial charge on any atom is 0.337 e. The van der Waals surface area contributed by atoms with Gasteiger partial charge in [0.15, 0.2) is 0 Å². The molecule has 0 unspecified atom stereocenters. The Kier molecular flexibility index (Phi) is 7.48. The summed E-state index contributed by atoms with van der Waals surface area (Å²) in [6, 6.07) is 12.2. The standard InChI is InChI=1S/C24H30N4O4/c1-16(2)25-22(29)15-27-10-12-28(13-11-27)21-9-8-19(14-20(21)24(31)32)26-23(30)18-6-4-17(3)5-7-18/h4-9,14,16H,10-13,15H2,1-3H3,(H,25,29)(H,26,30)(H,31,32). The maximum atomic E-state index is 12.5. The van der Waals surface area contributed by atoms with E-state index in [0.717, 1.165) is 5.56 Å². The Labute approximate surface area is 188 Å². The molecular formula is C24H30N4O4. The number of carbonyl (C=O) groups is 3. The molecule has 0 atom stereocenters. The van der Waals surface area contributed by atoms with Gasteiger partial charge < -0.3 is 20.6 Å². The van der Waals surface area contributed by atoms with Crippen LogP contribution in [0.5, 0.6) is 0 Å². The lowest BCUT2D eigenvalue weighted by molar-refractivity contribution is -0.122. The van der Waals surface area contributed by atoms with Crippen LogP contribution < -0.4 is 15.5 Å². The molecule has 8 nitrogen and oxygen atoms in total. The highest BCUT2D eigenvalue weighted by Crippen LogP contribution is 2.26. The Bertz CT molecular complexity index is 980. The molecule has 2 amide bonds. The van der Waals surface area contributed by atoms with E-state index in [1.165, 1.54) is 6.07 Å². The molecule has 0 aliphatic carbocycles. The Balaban J connectivity index is 1.66. The van der Waals surface area contributed by atoms with Gasteiger partial charge in [0.1, 0.15) is 0 Å². The fourth-order valence-electron chi connectivity index (χ4n) is 3.69. The van der Waals surface area contributed by atoms with Crippen molar-refractivity contribution in [3.8, 4) is 0 Å². The Morgan fingerprint density at radius 2 is 1.66 bits per heavy atom. The quantitative estimate of drug-likeness (QED) is 0.614. The van der Waals surface area contributed by atoms with Crippen LogP contribution in [0, 0.1) is 6.92 Å². The van der Waals surface area contributed by atoms with Gasteiger partial charge in [0.2, 0.25) is 5.91 Å². The summed E-state index contributed by atoms with van der Waals surface area (Å²) in [7, 11) is 0. The predicted octanol–water partition coefficient (Wildman–Crippen LogP) is 2.59. The summed E-state index contributed by atoms with van der Waals surface area (Å²) in [5, 5.41) is 15.4. The second-order valence-electron chi connectivity index (χ2n) is 8.34. The first-order chi connectivity index (χ1) is 15.2. The van der Waals surface area contributed by atoms with E-state index in [1.807, 2.05) is 37.8 Å². The number of benzene rings is 2. The van der Waals surface area contributed by atoms with Gasteiger partial charge in [-0.15, -0.1) is 0 Å². The number of anilines is 2. The third-order valence-corrected chi connectivity index (χ3v) is 5.33. The van der Waals surface area contributed by atoms with Crippen LogP contribution in [0.4, 0.5) is 11.4 Å². The predicted molar refractivity (Wildman–Crippen MR) is 124 cm³/mol. The number of nitrogens with zero attached hydrogens (tertiary/aromatic N) is 2. The van der Waals surface area contributed by atoms with Gasteiger partial charge in [-0.05, 0) is 51.1 Å². The number of piperazine rings is 1. The third kappa shape index (κ3) is 6.07. The largest absolute Gasteiger partial charge is 0.478 e. The van der Waals surface area contributed by atoms with Gasteiger partial charge >= 0.3 is 5.97 Å². The number of hydrogen-bond donors (Lipinski definition) is 3. The lowest BCUT2D eigenvalue weighted by Gasteiger charge is -2.36. The molecule has 0 radical (unpaired) electrons. The first-order valence-electron chi connectivity index (χ1n) is 10.7. The van der Waals surface area contributed by atoms with Crippen molar-refractivity contribution < 1.29 is 19.5 Å². The van der Waals surface area contributed by atoms with Crippen LogP contribution >= 0.6 is 0 Å². The van der Waals surface area contributed by atoms with Crippen LogP contribution in [0.25, 0.3) is 0 Å². The summed E-state index contributed by atoms with van der Waals surface area (Å²) >= 11 is 0. The number of aromatic carboxylic acids is 1. The lowest BCUT2D eigenvalue weighted by atomic mass is 10.1. The van der Waals surface area contributed by atoms with E-state index < -0.39 is 5.97 Å². The molecule has 2 aromatic carbocycles. The average molecular weight is 439 g/mol. The van der Waals surface area contributed by atoms with E-state index in [-0.39, 0.29) is 23.4 Å². The molecule has 8 heteroatoms. The van der Waals surface area contributed by atoms with Crippen molar-refractivity contribution in [1.29, 1.82) is 0 Å². The number of aryl methyl sites for hydroxylation is 1. The minimum atomic E-state index is -1.05. The minimum absolute atomic E-state index is 0.00616. The number of carboxylic acids is 1. The fourth-order valence-corrected chi connectivity index (χ4v) is 3.69. The van der Waals surface area contributed by atoms with Gasteiger partial charge in [-0.3, -0.25) is 14.5 Å². The molecule has 1 fully saturated rings. The van der Waals surface area contributed by atoms with Crippen molar-refractivity contribution in [3.05, 3.63) is 59.2 Å². The molecular weight excluding hydrogens is 408 g/mol. The molecule has 1 heterocycles. The Morgan fingerprint density at radius 3 is 2.25 bits per heavy atom. The van der Waals surface area contributed by atoms with Crippen LogP contribution in [-0.4, -0.2) is 66.6 Å². The molecule has 0 saturated carbocycles. The number of amides is 2. The topological polar surface area (TPSA) is 102 Å². The second-order valence-corrected chi connectivity index (χ2v) is 8.34. The molecule has 0 bridgehead atoms. The van der Waals surface area contributed by atoms with Gasteiger partial charge in [0.25, 0.3) is 5.91 Å². The number of carboxylic acid groups (broad SMARTS) is 1. The van der Waals surface area contributed by atoms with Crippen molar-refractivity contribution >= 4 is 29.2 Å². The van der Waals surface area contributed by atoms with Crippen LogP contribution in [0.2, 0.25) is 0 Å². The van der Waals surface area contributed by atoms with Crippen LogP contribution in [0.1, 0.15) is 40.1 Å². The maximum absolute atomic E-state index is 12.5. The molecule has 2 aromatic rings. The van der Waals surface area contributed by atoms with Gasteiger partial charge in [-0.25, -0.2) is 4.79 Å². The molecule has 1 aliphatic heterocycles. The van der Waals surface area contributed by atoms with Crippen molar-refractivity contribution in [3.63, 3.8) is 0 Å². The van der Waals surface area contributed by atoms with Crippen LogP contribution in [0.3, 0.4) is 0 Å². The van der Waals surface area contributed by atoms with Crippen molar-refractivity contribution in [2.24, 2.45) is 0 Å². The molecule has 1 saturated heterocycles. The van der Waals surface area contributed by atoms with Crippen molar-refractivity contribution in [2.45, 2.75) is 26.8 Å². The molecule has 0 aromatic heterocycles. The minimum Gasteiger partial charge on any atom is -0.478 e. The third-order valence-electron chi connectivity index (χ3n) is 5.33. The number of hydrogen-bond acceptors (Lipinski definition) is 5. The van der Waals surface area contributed by atoms with Crippen molar-refractivity contribution in [2.75, 3.05) is 42.9 Å². The molecule has 3 rings (SSSR count). The highest BCUT2D eigenvalue weighted by Gasteiger charge is 2.23. The smallest absolute Gasteiger partial charge is 0.337 e. The summed E-state index contributed by atoms with van der Waals surface area (Å²) in [5.74, 6) is -1.35. The normalized spacial score (nSPS) is 14.3. The Morgan fingerprint density at radius 1 is 1.00 bits per heavy atom. The zero-order valence-electron chi connectivity index (χ0n) is 18.7. The summed E-state index contributed by atoms with van der Waals surface area (Å²) < 4.78 is 0. The highest BCUT2D eigenvalue weighted by molar-refractivity contribution is 6.05. The fraction of sp³-hybridized carbons (Fsp3) is 0.375. The highest BCUT2D eigenvalue weighted by atomic mass is 16.4. The SMILES string of the molecule is Cc1ccc(C(=O)Nc2ccc(N3CCN(CC(=O)NC(C)C)CC3)c(C(=O)O)c2)cc1. The van der Waals surface area contributed by atoms with E-state index in [2.05, 4.69) is 15.5 Å². The van der Waals surface area contributed by atoms with E-state index in [1.54, 1.807) is 24.3 Å². The molecule has 0 spiro atoms. The molecule has 1 aliphatic rings. The number of rotatable bonds is 7. The van der Waals surface area contributed by atoms with Gasteiger partial charge in [0.05, 0.1) is 17.8 Å². The van der Waals surface area contributed by atoms with E-state index in [9.17, 15) is 19.5 Å². The van der Waals surface area contributed by atoms with Gasteiger partial charge in [-0.1, -0.05) is 17.7 Å². The lowest BCUT2D eigenvalue weighted by Crippen LogP contribution is -2.50. The van der Waals surface area contributed by atoms with Gasteiger partial charge in [0, 0.05) is 43.5 Å². The first-order valence-corrected chi connectivity index (χ1v) is 10.7. The summed E-state index contributed by atoms with van der Waals surface area (Å²) in [6.45, 7) is 8.69. The Hall–Kier alpha value is -3.39. The zero-order valence-corrected chi connectivity index (χ0v) is 18.7. The molecule has 3 N–H and O–H groups in total. The molecule has 32 heavy (non-hydrogen) atoms. The summed E-state index contributed by atoms with van der Waals surface area (Å²) in [4.78, 5) is 40.4. The van der Waals surface area contributed by atoms with Crippen LogP contribution in [-0.2, 0) is 4.79 Å². The second kappa shape index (κ2) is 10.3. The van der Waals surface area contributed by atoms with E-state index >= 15 is 0 Å². The van der Waals surface area contributed by atoms with Crippen molar-refractivity contribution in [1.82, 2.24) is 10.2 Å². The molecule has 170 valence electrons. The van der Waals surface area contributed by atoms with E-state index in [4.69, 9.17) is 0 Å². The summed E-state index contributed by atoms with van der Waals surface area (Å²) in [5.41, 5.74) is 2.74. The summed E-state index contributed by atoms with van der Waals surface area (Å²) in [6.07, 6.45) is 0. The zero-order chi connectivity index (χ0) is 23.3. The monoisotopic (exact) mass is 438 g/mol. The van der Waals surface area contributed by atoms with Gasteiger partial charge in [-0.2, -0.15) is 0 Å². The number of carbonyl (C=O) groups excluding carboxylic acids is 2. The van der Waals surface area contributed by atoms with Crippen LogP contribution in [0.15, 0.2) is 42.5 Å². The first kappa shape index (κ1) is 23.3.